The van der Waals surface area contributed by atoms with E-state index < -0.39 is 5.97 Å². The molecule has 3 rings (SSSR count). The molecule has 1 saturated heterocycles. The van der Waals surface area contributed by atoms with Crippen molar-refractivity contribution in [2.24, 2.45) is 0 Å². The molecular weight excluding hydrogens is 330 g/mol. The molecule has 1 aliphatic heterocycles. The van der Waals surface area contributed by atoms with Gasteiger partial charge in [0.25, 0.3) is 0 Å². The number of nitriles is 1. The van der Waals surface area contributed by atoms with E-state index in [1.54, 1.807) is 30.3 Å². The van der Waals surface area contributed by atoms with Crippen molar-refractivity contribution in [3.8, 4) is 11.8 Å². The van der Waals surface area contributed by atoms with Gasteiger partial charge < -0.3 is 4.74 Å². The lowest BCUT2D eigenvalue weighted by atomic mass is 10.2. The van der Waals surface area contributed by atoms with Crippen molar-refractivity contribution >= 4 is 34.5 Å². The number of anilines is 1. The van der Waals surface area contributed by atoms with Crippen LogP contribution in [0.3, 0.4) is 0 Å². The Kier molecular flexibility index (Phi) is 4.05. The fourth-order valence-electron chi connectivity index (χ4n) is 2.33. The van der Waals surface area contributed by atoms with Crippen LogP contribution in [0, 0.1) is 16.7 Å². The van der Waals surface area contributed by atoms with E-state index in [0.29, 0.717) is 5.69 Å². The molecule has 8 nitrogen and oxygen atoms in total. The summed E-state index contributed by atoms with van der Waals surface area (Å²) in [6.07, 6.45) is 0. The Morgan fingerprint density at radius 2 is 2.12 bits per heavy atom. The molecule has 1 N–H and O–H groups in total. The smallest absolute Gasteiger partial charge is 0.359 e. The van der Waals surface area contributed by atoms with Gasteiger partial charge in [0.2, 0.25) is 5.91 Å². The van der Waals surface area contributed by atoms with Crippen LogP contribution in [0.4, 0.5) is 5.69 Å². The third-order valence-electron chi connectivity index (χ3n) is 3.35. The molecule has 9 heteroatoms. The fraction of sp³-hybridized carbons (Fsp3) is 0.133. The number of aromatic nitrogens is 2. The largest absolute Gasteiger partial charge is 0.464 e. The Bertz CT molecular complexity index is 869. The van der Waals surface area contributed by atoms with Gasteiger partial charge in [-0.15, -0.1) is 0 Å². The molecule has 1 aliphatic rings. The second kappa shape index (κ2) is 6.17. The van der Waals surface area contributed by atoms with Crippen molar-refractivity contribution in [1.82, 2.24) is 9.78 Å². The predicted molar refractivity (Wildman–Crippen MR) is 87.3 cm³/mol. The van der Waals surface area contributed by atoms with Crippen LogP contribution in [0.2, 0.25) is 0 Å². The summed E-state index contributed by atoms with van der Waals surface area (Å²) in [6, 6.07) is 10.6. The van der Waals surface area contributed by atoms with E-state index in [0.717, 1.165) is 16.7 Å². The molecule has 0 saturated carbocycles. The monoisotopic (exact) mass is 341 g/mol. The quantitative estimate of drug-likeness (QED) is 0.848. The molecule has 1 aromatic carbocycles. The number of nitrogens with one attached hydrogen (secondary N) is 1. The summed E-state index contributed by atoms with van der Waals surface area (Å²) < 4.78 is 6.06. The van der Waals surface area contributed by atoms with Crippen molar-refractivity contribution in [2.75, 3.05) is 17.8 Å². The summed E-state index contributed by atoms with van der Waals surface area (Å²) in [7, 11) is 1.20. The molecule has 120 valence electrons. The van der Waals surface area contributed by atoms with Crippen LogP contribution in [-0.4, -0.2) is 39.7 Å². The molecule has 0 spiro atoms. The van der Waals surface area contributed by atoms with Gasteiger partial charge in [-0.3, -0.25) is 15.1 Å². The maximum Gasteiger partial charge on any atom is 0.359 e. The van der Waals surface area contributed by atoms with Gasteiger partial charge in [0.05, 0.1) is 18.6 Å². The number of amidine groups is 1. The zero-order valence-corrected chi connectivity index (χ0v) is 13.3. The van der Waals surface area contributed by atoms with Crippen LogP contribution in [0.15, 0.2) is 30.3 Å². The first-order valence-electron chi connectivity index (χ1n) is 6.79. The molecule has 0 atom stereocenters. The Morgan fingerprint density at radius 3 is 2.67 bits per heavy atom. The van der Waals surface area contributed by atoms with Crippen LogP contribution in [0.5, 0.6) is 0 Å². The summed E-state index contributed by atoms with van der Waals surface area (Å²) in [4.78, 5) is 25.5. The van der Waals surface area contributed by atoms with E-state index in [9.17, 15) is 14.9 Å². The third-order valence-corrected chi connectivity index (χ3v) is 4.20. The van der Waals surface area contributed by atoms with E-state index in [1.165, 1.54) is 11.8 Å². The average Bonchev–Trinajstić information content (AvgIpc) is 3.14. The molecular formula is C15H11N5O3S. The number of para-hydroxylation sites is 1. The summed E-state index contributed by atoms with van der Waals surface area (Å²) in [5.74, 6) is -1.07. The molecule has 1 amide bonds. The minimum absolute atomic E-state index is 0.0202. The van der Waals surface area contributed by atoms with Gasteiger partial charge in [-0.1, -0.05) is 30.0 Å². The second-order valence-electron chi connectivity index (χ2n) is 4.72. The molecule has 0 radical (unpaired) electrons. The van der Waals surface area contributed by atoms with Crippen LogP contribution in [-0.2, 0) is 9.53 Å². The number of methoxy groups -OCH3 is 1. The Balaban J connectivity index is 2.30. The summed E-state index contributed by atoms with van der Waals surface area (Å²) in [5.41, 5.74) is 0.320. The van der Waals surface area contributed by atoms with E-state index in [4.69, 9.17) is 10.1 Å². The predicted octanol–water partition coefficient (Wildman–Crippen LogP) is 1.55. The lowest BCUT2D eigenvalue weighted by molar-refractivity contribution is -0.115. The minimum Gasteiger partial charge on any atom is -0.464 e. The highest BCUT2D eigenvalue weighted by Crippen LogP contribution is 2.33. The number of amides is 1. The average molecular weight is 341 g/mol. The highest BCUT2D eigenvalue weighted by Gasteiger charge is 2.37. The molecule has 0 unspecified atom stereocenters. The van der Waals surface area contributed by atoms with Gasteiger partial charge in [-0.2, -0.15) is 10.4 Å². The topological polar surface area (TPSA) is 112 Å². The maximum atomic E-state index is 12.3. The number of carbonyl (C=O) groups is 2. The minimum atomic E-state index is -0.750. The summed E-state index contributed by atoms with van der Waals surface area (Å²) >= 11 is 1.02. The molecule has 2 aromatic rings. The maximum absolute atomic E-state index is 12.3. The number of esters is 1. The Morgan fingerprint density at radius 1 is 1.42 bits per heavy atom. The normalized spacial score (nSPS) is 13.9. The molecule has 2 heterocycles. The highest BCUT2D eigenvalue weighted by molar-refractivity contribution is 8.15. The number of ether oxygens (including phenoxy) is 1. The van der Waals surface area contributed by atoms with Crippen molar-refractivity contribution < 1.29 is 14.3 Å². The van der Waals surface area contributed by atoms with Crippen LogP contribution in [0.25, 0.3) is 5.69 Å². The lowest BCUT2D eigenvalue weighted by Crippen LogP contribution is -2.31. The van der Waals surface area contributed by atoms with Gasteiger partial charge in [0, 0.05) is 0 Å². The number of carbonyl (C=O) groups excluding carboxylic acids is 2. The van der Waals surface area contributed by atoms with E-state index in [2.05, 4.69) is 5.10 Å². The van der Waals surface area contributed by atoms with Gasteiger partial charge in [0.1, 0.15) is 11.8 Å². The van der Waals surface area contributed by atoms with E-state index >= 15 is 0 Å². The SMILES string of the molecule is COC(=O)c1c(N2C(=N)SCC2=O)c(C#N)nn1-c1ccccc1. The van der Waals surface area contributed by atoms with Crippen LogP contribution in [0.1, 0.15) is 16.2 Å². The van der Waals surface area contributed by atoms with Crippen LogP contribution >= 0.6 is 11.8 Å². The Labute approximate surface area is 141 Å². The second-order valence-corrected chi connectivity index (χ2v) is 5.68. The third kappa shape index (κ3) is 2.43. The number of thioether (sulfide) groups is 1. The van der Waals surface area contributed by atoms with Gasteiger partial charge in [-0.25, -0.2) is 9.48 Å². The van der Waals surface area contributed by atoms with E-state index in [-0.39, 0.29) is 33.9 Å². The van der Waals surface area contributed by atoms with Crippen molar-refractivity contribution in [3.63, 3.8) is 0 Å². The number of hydrogen-bond donors (Lipinski definition) is 1. The van der Waals surface area contributed by atoms with Gasteiger partial charge >= 0.3 is 5.97 Å². The molecule has 0 aliphatic carbocycles. The summed E-state index contributed by atoms with van der Waals surface area (Å²) in [5, 5.41) is 21.4. The molecule has 24 heavy (non-hydrogen) atoms. The summed E-state index contributed by atoms with van der Waals surface area (Å²) in [6.45, 7) is 0. The van der Waals surface area contributed by atoms with Crippen molar-refractivity contribution in [1.29, 1.82) is 10.7 Å². The molecule has 1 aromatic heterocycles. The molecule has 0 bridgehead atoms. The van der Waals surface area contributed by atoms with Gasteiger partial charge in [0.15, 0.2) is 16.6 Å². The molecule has 1 fully saturated rings. The van der Waals surface area contributed by atoms with Crippen molar-refractivity contribution in [3.05, 3.63) is 41.7 Å². The first-order chi connectivity index (χ1) is 11.6. The Hall–Kier alpha value is -3.12. The standard InChI is InChI=1S/C15H11N5O3S/c1-23-14(22)13-12(19-11(21)8-24-15(19)17)10(7-16)18-20(13)9-5-3-2-4-6-9/h2-6,17H,8H2,1H3. The van der Waals surface area contributed by atoms with Crippen LogP contribution < -0.4 is 4.90 Å². The zero-order valence-electron chi connectivity index (χ0n) is 12.5. The lowest BCUT2D eigenvalue weighted by Gasteiger charge is -2.15. The number of nitrogens with zero attached hydrogens (tertiary/aromatic N) is 4. The number of rotatable bonds is 3. The first kappa shape index (κ1) is 15.8. The first-order valence-corrected chi connectivity index (χ1v) is 7.78. The fourth-order valence-corrected chi connectivity index (χ4v) is 3.04. The van der Waals surface area contributed by atoms with E-state index in [1.807, 2.05) is 6.07 Å². The zero-order chi connectivity index (χ0) is 17.3. The highest BCUT2D eigenvalue weighted by atomic mass is 32.2. The number of benzene rings is 1. The number of hydrogen-bond acceptors (Lipinski definition) is 7. The van der Waals surface area contributed by atoms with Crippen molar-refractivity contribution in [2.45, 2.75) is 0 Å². The van der Waals surface area contributed by atoms with Gasteiger partial charge in [-0.05, 0) is 12.1 Å².